The average molecular weight is 684 g/mol. The largest absolute Gasteiger partial charge is 0.379 e. The smallest absolute Gasteiger partial charge is 0.180 e. The van der Waals surface area contributed by atoms with Crippen LogP contribution in [0, 0.1) is 18.6 Å². The molecular formula is C29H31BrN8O3S2. The number of anilines is 2. The van der Waals surface area contributed by atoms with Crippen LogP contribution in [0.2, 0.25) is 0 Å². The third-order valence-corrected chi connectivity index (χ3v) is 11.2. The fraction of sp³-hybridized carbons (Fsp3) is 0.207. The van der Waals surface area contributed by atoms with E-state index in [1.807, 2.05) is 42.4 Å². The van der Waals surface area contributed by atoms with Crippen molar-refractivity contribution in [3.05, 3.63) is 76.7 Å². The minimum absolute atomic E-state index is 0.225. The first-order valence-corrected chi connectivity index (χ1v) is 17.5. The molecule has 11 nitrogen and oxygen atoms in total. The van der Waals surface area contributed by atoms with Gasteiger partial charge in [-0.05, 0) is 84.2 Å². The van der Waals surface area contributed by atoms with Crippen LogP contribution in [-0.2, 0) is 24.4 Å². The molecule has 5 aromatic rings. The Morgan fingerprint density at radius 1 is 1.09 bits per heavy atom. The van der Waals surface area contributed by atoms with Crippen molar-refractivity contribution in [1.82, 2.24) is 23.8 Å². The van der Waals surface area contributed by atoms with Gasteiger partial charge in [0.05, 0.1) is 38.0 Å². The Kier molecular flexibility index (Phi) is 7.69. The molecule has 1 saturated heterocycles. The third kappa shape index (κ3) is 5.61. The van der Waals surface area contributed by atoms with E-state index in [-0.39, 0.29) is 4.90 Å². The van der Waals surface area contributed by atoms with Gasteiger partial charge < -0.3 is 19.6 Å². The minimum Gasteiger partial charge on any atom is -0.379 e. The molecule has 1 fully saturated rings. The molecular weight excluding hydrogens is 652 g/mol. The Bertz CT molecular complexity index is 2060. The van der Waals surface area contributed by atoms with E-state index in [1.54, 1.807) is 30.5 Å². The van der Waals surface area contributed by atoms with Gasteiger partial charge in [0.1, 0.15) is 21.3 Å². The molecule has 224 valence electrons. The summed E-state index contributed by atoms with van der Waals surface area (Å²) in [6.45, 7) is 6.35. The summed E-state index contributed by atoms with van der Waals surface area (Å²) in [6.07, 6.45) is 1.66. The normalized spacial score (nSPS) is 17.0. The number of fused-ring (bicyclic) bond motifs is 1. The highest BCUT2D eigenvalue weighted by Crippen LogP contribution is 2.35. The topological polar surface area (TPSA) is 155 Å². The van der Waals surface area contributed by atoms with Crippen LogP contribution >= 0.6 is 15.9 Å². The zero-order valence-electron chi connectivity index (χ0n) is 23.6. The van der Waals surface area contributed by atoms with E-state index in [0.29, 0.717) is 64.0 Å². The first kappa shape index (κ1) is 29.5. The van der Waals surface area contributed by atoms with Gasteiger partial charge in [-0.15, -0.1) is 0 Å². The first-order valence-electron chi connectivity index (χ1n) is 13.4. The molecule has 0 aliphatic carbocycles. The lowest BCUT2D eigenvalue weighted by molar-refractivity contribution is 0.0749. The third-order valence-electron chi connectivity index (χ3n) is 7.46. The molecule has 0 saturated carbocycles. The number of hydrogen-bond acceptors (Lipinski definition) is 7. The van der Waals surface area contributed by atoms with Crippen molar-refractivity contribution in [2.24, 2.45) is 5.14 Å². The van der Waals surface area contributed by atoms with Crippen LogP contribution in [0.1, 0.15) is 11.4 Å². The summed E-state index contributed by atoms with van der Waals surface area (Å²) in [4.78, 5) is 13.6. The second-order valence-corrected chi connectivity index (χ2v) is 15.1. The second kappa shape index (κ2) is 11.2. The molecule has 4 heterocycles. The van der Waals surface area contributed by atoms with E-state index in [0.717, 1.165) is 22.6 Å². The highest BCUT2D eigenvalue weighted by Gasteiger charge is 2.22. The number of rotatable bonds is 7. The summed E-state index contributed by atoms with van der Waals surface area (Å²) in [6, 6.07) is 16.4. The predicted octanol–water partition coefficient (Wildman–Crippen LogP) is 5.14. The number of halogens is 1. The van der Waals surface area contributed by atoms with E-state index < -0.39 is 19.6 Å². The lowest BCUT2D eigenvalue weighted by Gasteiger charge is -2.29. The van der Waals surface area contributed by atoms with Gasteiger partial charge in [-0.25, -0.2) is 32.6 Å². The number of H-pyrrole nitrogens is 1. The van der Waals surface area contributed by atoms with Crippen LogP contribution in [0.5, 0.6) is 0 Å². The van der Waals surface area contributed by atoms with Gasteiger partial charge in [-0.1, -0.05) is 6.07 Å². The maximum absolute atomic E-state index is 13.5. The van der Waals surface area contributed by atoms with Crippen molar-refractivity contribution >= 4 is 64.0 Å². The minimum atomic E-state index is -3.36. The Morgan fingerprint density at radius 2 is 1.81 bits per heavy atom. The summed E-state index contributed by atoms with van der Waals surface area (Å²) in [5, 5.41) is 8.87. The Hall–Kier alpha value is -3.53. The number of nitrogens with one attached hydrogen (secondary N) is 3. The Labute approximate surface area is 258 Å². The van der Waals surface area contributed by atoms with Crippen molar-refractivity contribution in [2.75, 3.05) is 31.6 Å². The number of morpholine rings is 1. The van der Waals surface area contributed by atoms with Crippen LogP contribution in [0.25, 0.3) is 28.2 Å². The van der Waals surface area contributed by atoms with Crippen LogP contribution in [0.15, 0.2) is 75.1 Å². The van der Waals surface area contributed by atoms with Crippen LogP contribution in [0.4, 0.5) is 11.4 Å². The maximum atomic E-state index is 13.5. The molecule has 0 radical (unpaired) electrons. The number of pyridine rings is 1. The van der Waals surface area contributed by atoms with Gasteiger partial charge in [0, 0.05) is 52.5 Å². The SMILES string of the molecule is C=S(=O)(c1ccc(-n2c(C)cc(-c3nc4ncc(Br)c(Nc5cccc(S(=N)(N)=O)c5)c4[nH]3)c2C)cc1)N1CCOCC1. The molecule has 0 amide bonds. The first-order chi connectivity index (χ1) is 20.4. The van der Waals surface area contributed by atoms with Gasteiger partial charge in [-0.2, -0.15) is 0 Å². The van der Waals surface area contributed by atoms with Gasteiger partial charge in [0.15, 0.2) is 5.65 Å². The number of imidazole rings is 1. The summed E-state index contributed by atoms with van der Waals surface area (Å²) < 4.78 is 43.5. The fourth-order valence-corrected chi connectivity index (χ4v) is 7.87. The van der Waals surface area contributed by atoms with Gasteiger partial charge in [0.2, 0.25) is 0 Å². The molecule has 0 spiro atoms. The van der Waals surface area contributed by atoms with E-state index in [9.17, 15) is 8.42 Å². The molecule has 1 aliphatic heterocycles. The number of ether oxygens (including phenoxy) is 1. The van der Waals surface area contributed by atoms with Crippen molar-refractivity contribution in [2.45, 2.75) is 23.6 Å². The summed E-state index contributed by atoms with van der Waals surface area (Å²) >= 11 is 3.57. The highest BCUT2D eigenvalue weighted by molar-refractivity contribution is 9.10. The highest BCUT2D eigenvalue weighted by atomic mass is 79.9. The van der Waals surface area contributed by atoms with Crippen molar-refractivity contribution in [3.63, 3.8) is 0 Å². The van der Waals surface area contributed by atoms with Crippen molar-refractivity contribution < 1.29 is 13.2 Å². The monoisotopic (exact) mass is 682 g/mol. The molecule has 5 N–H and O–H groups in total. The second-order valence-electron chi connectivity index (χ2n) is 10.3. The van der Waals surface area contributed by atoms with Gasteiger partial charge in [-0.3, -0.25) is 0 Å². The lowest BCUT2D eigenvalue weighted by Crippen LogP contribution is -2.40. The number of benzene rings is 2. The molecule has 3 aromatic heterocycles. The van der Waals surface area contributed by atoms with Crippen molar-refractivity contribution in [3.8, 4) is 17.1 Å². The van der Waals surface area contributed by atoms with Crippen LogP contribution in [0.3, 0.4) is 0 Å². The summed E-state index contributed by atoms with van der Waals surface area (Å²) in [5.41, 5.74) is 6.34. The summed E-state index contributed by atoms with van der Waals surface area (Å²) in [7, 11) is -5.95. The number of nitrogens with two attached hydrogens (primary N) is 1. The molecule has 2 unspecified atom stereocenters. The summed E-state index contributed by atoms with van der Waals surface area (Å²) in [5.74, 6) is 4.71. The Balaban J connectivity index is 1.34. The maximum Gasteiger partial charge on any atom is 0.180 e. The van der Waals surface area contributed by atoms with E-state index >= 15 is 0 Å². The van der Waals surface area contributed by atoms with Gasteiger partial charge >= 0.3 is 0 Å². The number of hydrogen-bond donors (Lipinski definition) is 4. The zero-order valence-corrected chi connectivity index (χ0v) is 26.8. The standard InChI is InChI=1S/C29H31BrN8O3S2/c1-18-15-24(19(2)38(18)21-7-9-22(10-8-21)42(3,39)37-11-13-41-14-12-37)28-35-27-26(25(30)17-33-29(27)36-28)34-20-5-4-6-23(16-20)43(31,32)40/h4-10,15-17H,3,11-14H2,1-2H3,(H3,31,32,40)(H2,33,34,35,36). The lowest BCUT2D eigenvalue weighted by atomic mass is 10.2. The van der Waals surface area contributed by atoms with Crippen LogP contribution < -0.4 is 10.5 Å². The average Bonchev–Trinajstić information content (AvgIpc) is 3.55. The van der Waals surface area contributed by atoms with Crippen LogP contribution in [-0.4, -0.2) is 64.4 Å². The number of aryl methyl sites for hydroxylation is 1. The Morgan fingerprint density at radius 3 is 2.51 bits per heavy atom. The number of nitrogens with zero attached hydrogens (tertiary/aromatic N) is 4. The van der Waals surface area contributed by atoms with E-state index in [1.165, 1.54) is 0 Å². The molecule has 2 atom stereocenters. The molecule has 2 aromatic carbocycles. The molecule has 43 heavy (non-hydrogen) atoms. The zero-order chi connectivity index (χ0) is 30.5. The quantitative estimate of drug-likeness (QED) is 0.174. The van der Waals surface area contributed by atoms with Gasteiger partial charge in [0.25, 0.3) is 0 Å². The number of aromatic amines is 1. The van der Waals surface area contributed by atoms with E-state index in [2.05, 4.69) is 47.7 Å². The van der Waals surface area contributed by atoms with Crippen molar-refractivity contribution in [1.29, 1.82) is 4.78 Å². The molecule has 0 bridgehead atoms. The molecule has 14 heteroatoms. The molecule has 6 rings (SSSR count). The van der Waals surface area contributed by atoms with E-state index in [4.69, 9.17) is 19.6 Å². The molecule has 1 aliphatic rings. The predicted molar refractivity (Wildman–Crippen MR) is 175 cm³/mol. The number of aromatic nitrogens is 4. The fourth-order valence-electron chi connectivity index (χ4n) is 5.29.